The maximum Gasteiger partial charge on any atom is 0.131 e. The van der Waals surface area contributed by atoms with E-state index >= 15 is 0 Å². The van der Waals surface area contributed by atoms with Gasteiger partial charge in [-0.1, -0.05) is 18.3 Å². The molecule has 0 radical (unpaired) electrons. The van der Waals surface area contributed by atoms with Crippen LogP contribution in [-0.2, 0) is 6.54 Å². The molecule has 3 rings (SSSR count). The van der Waals surface area contributed by atoms with Gasteiger partial charge in [-0.2, -0.15) is 0 Å². The Hall–Kier alpha value is -0.480. The van der Waals surface area contributed by atoms with Gasteiger partial charge in [-0.25, -0.2) is 0 Å². The van der Waals surface area contributed by atoms with Gasteiger partial charge in [-0.3, -0.25) is 0 Å². The van der Waals surface area contributed by atoms with Gasteiger partial charge in [0.2, 0.25) is 0 Å². The summed E-state index contributed by atoms with van der Waals surface area (Å²) in [4.78, 5) is 0. The SMILES string of the molecule is CC1CC1c1nnc(CNC2CC2)s1. The number of rotatable bonds is 4. The minimum absolute atomic E-state index is 0.724. The molecule has 2 atom stereocenters. The van der Waals surface area contributed by atoms with E-state index in [-0.39, 0.29) is 0 Å². The number of nitrogens with one attached hydrogen (secondary N) is 1. The molecule has 76 valence electrons. The largest absolute Gasteiger partial charge is 0.308 e. The molecule has 2 aliphatic carbocycles. The standard InChI is InChI=1S/C10H15N3S/c1-6-4-8(6)10-13-12-9(14-10)5-11-7-2-3-7/h6-8,11H,2-5H2,1H3. The van der Waals surface area contributed by atoms with Crippen LogP contribution in [0.2, 0.25) is 0 Å². The highest BCUT2D eigenvalue weighted by molar-refractivity contribution is 7.11. The average molecular weight is 209 g/mol. The molecule has 1 aromatic heterocycles. The topological polar surface area (TPSA) is 37.8 Å². The molecule has 0 spiro atoms. The molecule has 1 aromatic rings. The summed E-state index contributed by atoms with van der Waals surface area (Å²) >= 11 is 1.79. The van der Waals surface area contributed by atoms with Gasteiger partial charge in [0.25, 0.3) is 0 Å². The van der Waals surface area contributed by atoms with E-state index in [1.54, 1.807) is 11.3 Å². The predicted octanol–water partition coefficient (Wildman–Crippen LogP) is 1.91. The van der Waals surface area contributed by atoms with E-state index in [0.29, 0.717) is 0 Å². The molecule has 0 saturated heterocycles. The fraction of sp³-hybridized carbons (Fsp3) is 0.800. The van der Waals surface area contributed by atoms with Gasteiger partial charge in [-0.05, 0) is 25.2 Å². The molecule has 0 amide bonds. The number of hydrogen-bond donors (Lipinski definition) is 1. The highest BCUT2D eigenvalue weighted by Crippen LogP contribution is 2.47. The van der Waals surface area contributed by atoms with Gasteiger partial charge < -0.3 is 5.32 Å². The van der Waals surface area contributed by atoms with Crippen molar-refractivity contribution < 1.29 is 0 Å². The second-order valence-electron chi connectivity index (χ2n) is 4.51. The Morgan fingerprint density at radius 3 is 2.86 bits per heavy atom. The lowest BCUT2D eigenvalue weighted by Gasteiger charge is -1.95. The van der Waals surface area contributed by atoms with Gasteiger partial charge in [0, 0.05) is 18.5 Å². The predicted molar refractivity (Wildman–Crippen MR) is 56.3 cm³/mol. The third kappa shape index (κ3) is 1.81. The van der Waals surface area contributed by atoms with Gasteiger partial charge in [0.15, 0.2) is 0 Å². The van der Waals surface area contributed by atoms with Crippen LogP contribution in [-0.4, -0.2) is 16.2 Å². The number of nitrogens with zero attached hydrogens (tertiary/aromatic N) is 2. The Morgan fingerprint density at radius 1 is 1.43 bits per heavy atom. The first kappa shape index (κ1) is 8.80. The van der Waals surface area contributed by atoms with E-state index in [1.807, 2.05) is 0 Å². The Kier molecular flexibility index (Phi) is 2.06. The molecule has 4 heteroatoms. The maximum absolute atomic E-state index is 4.26. The number of aromatic nitrogens is 2. The molecule has 0 aliphatic heterocycles. The van der Waals surface area contributed by atoms with E-state index in [1.165, 1.54) is 24.3 Å². The summed E-state index contributed by atoms with van der Waals surface area (Å²) in [6, 6.07) is 0.766. The summed E-state index contributed by atoms with van der Waals surface area (Å²) in [5.41, 5.74) is 0. The molecule has 2 fully saturated rings. The Balaban J connectivity index is 1.59. The molecule has 1 N–H and O–H groups in total. The molecule has 0 aromatic carbocycles. The molecule has 14 heavy (non-hydrogen) atoms. The maximum atomic E-state index is 4.26. The van der Waals surface area contributed by atoms with Crippen molar-refractivity contribution in [3.63, 3.8) is 0 Å². The van der Waals surface area contributed by atoms with Crippen molar-refractivity contribution in [1.82, 2.24) is 15.5 Å². The van der Waals surface area contributed by atoms with Crippen molar-refractivity contribution in [2.75, 3.05) is 0 Å². The van der Waals surface area contributed by atoms with Crippen LogP contribution in [0, 0.1) is 5.92 Å². The summed E-state index contributed by atoms with van der Waals surface area (Å²) in [5, 5.41) is 14.4. The minimum Gasteiger partial charge on any atom is -0.308 e. The van der Waals surface area contributed by atoms with Crippen LogP contribution in [0.1, 0.15) is 42.1 Å². The first-order valence-corrected chi connectivity index (χ1v) is 6.20. The summed E-state index contributed by atoms with van der Waals surface area (Å²) < 4.78 is 0. The lowest BCUT2D eigenvalue weighted by atomic mass is 10.4. The van der Waals surface area contributed by atoms with Gasteiger partial charge in [0.1, 0.15) is 10.0 Å². The summed E-state index contributed by atoms with van der Waals surface area (Å²) in [7, 11) is 0. The first-order valence-electron chi connectivity index (χ1n) is 5.38. The molecule has 2 saturated carbocycles. The highest BCUT2D eigenvalue weighted by Gasteiger charge is 2.37. The Bertz CT molecular complexity index is 332. The summed E-state index contributed by atoms with van der Waals surface area (Å²) in [5.74, 6) is 1.56. The fourth-order valence-electron chi connectivity index (χ4n) is 1.67. The second kappa shape index (κ2) is 3.28. The second-order valence-corrected chi connectivity index (χ2v) is 5.60. The average Bonchev–Trinajstić information content (AvgIpc) is 3.07. The van der Waals surface area contributed by atoms with Crippen LogP contribution >= 0.6 is 11.3 Å². The van der Waals surface area contributed by atoms with Crippen molar-refractivity contribution in [1.29, 1.82) is 0 Å². The van der Waals surface area contributed by atoms with E-state index < -0.39 is 0 Å². The van der Waals surface area contributed by atoms with Gasteiger partial charge >= 0.3 is 0 Å². The number of hydrogen-bond acceptors (Lipinski definition) is 4. The lowest BCUT2D eigenvalue weighted by Crippen LogP contribution is -2.14. The van der Waals surface area contributed by atoms with Crippen molar-refractivity contribution in [2.24, 2.45) is 5.92 Å². The van der Waals surface area contributed by atoms with Crippen LogP contribution < -0.4 is 5.32 Å². The van der Waals surface area contributed by atoms with Crippen molar-refractivity contribution in [2.45, 2.75) is 44.7 Å². The molecule has 1 heterocycles. The van der Waals surface area contributed by atoms with Crippen LogP contribution in [0.5, 0.6) is 0 Å². The Morgan fingerprint density at radius 2 is 2.21 bits per heavy atom. The monoisotopic (exact) mass is 209 g/mol. The van der Waals surface area contributed by atoms with E-state index in [9.17, 15) is 0 Å². The van der Waals surface area contributed by atoms with E-state index in [2.05, 4.69) is 22.4 Å². The molecule has 2 unspecified atom stereocenters. The van der Waals surface area contributed by atoms with E-state index in [4.69, 9.17) is 0 Å². The van der Waals surface area contributed by atoms with Crippen molar-refractivity contribution >= 4 is 11.3 Å². The summed E-state index contributed by atoms with van der Waals surface area (Å²) in [6.45, 7) is 3.21. The highest BCUT2D eigenvalue weighted by atomic mass is 32.1. The van der Waals surface area contributed by atoms with Crippen molar-refractivity contribution in [3.05, 3.63) is 10.0 Å². The molecule has 3 nitrogen and oxygen atoms in total. The normalized spacial score (nSPS) is 30.6. The first-order chi connectivity index (χ1) is 6.83. The zero-order valence-electron chi connectivity index (χ0n) is 8.36. The molecule has 0 bridgehead atoms. The lowest BCUT2D eigenvalue weighted by molar-refractivity contribution is 0.678. The van der Waals surface area contributed by atoms with Crippen molar-refractivity contribution in [3.8, 4) is 0 Å². The zero-order chi connectivity index (χ0) is 9.54. The van der Waals surface area contributed by atoms with Gasteiger partial charge in [0.05, 0.1) is 0 Å². The third-order valence-corrected chi connectivity index (χ3v) is 4.08. The molecular weight excluding hydrogens is 194 g/mol. The molecule has 2 aliphatic rings. The van der Waals surface area contributed by atoms with Crippen LogP contribution in [0.3, 0.4) is 0 Å². The minimum atomic E-state index is 0.724. The van der Waals surface area contributed by atoms with Crippen LogP contribution in [0.15, 0.2) is 0 Å². The Labute approximate surface area is 87.9 Å². The summed E-state index contributed by atoms with van der Waals surface area (Å²) in [6.07, 6.45) is 3.99. The fourth-order valence-corrected chi connectivity index (χ4v) is 2.71. The van der Waals surface area contributed by atoms with Crippen LogP contribution in [0.4, 0.5) is 0 Å². The molecular formula is C10H15N3S. The van der Waals surface area contributed by atoms with Gasteiger partial charge in [-0.15, -0.1) is 10.2 Å². The quantitative estimate of drug-likeness (QED) is 0.823. The van der Waals surface area contributed by atoms with E-state index in [0.717, 1.165) is 29.4 Å². The third-order valence-electron chi connectivity index (χ3n) is 3.03. The smallest absolute Gasteiger partial charge is 0.131 e. The zero-order valence-corrected chi connectivity index (χ0v) is 9.18. The van der Waals surface area contributed by atoms with Crippen LogP contribution in [0.25, 0.3) is 0 Å².